The van der Waals surface area contributed by atoms with Crippen LogP contribution in [0.15, 0.2) is 18.2 Å². The van der Waals surface area contributed by atoms with Crippen LogP contribution in [0.4, 0.5) is 11.4 Å². The predicted molar refractivity (Wildman–Crippen MR) is 67.6 cm³/mol. The van der Waals surface area contributed by atoms with Crippen molar-refractivity contribution in [3.05, 3.63) is 35.2 Å². The molecule has 17 heavy (non-hydrogen) atoms. The average Bonchev–Trinajstić information content (AvgIpc) is 2.91. The standard InChI is InChI=1S/C14H16N2O/c1-15-12-5-4-11-3-2-7-16(14(11)9-12)13-6-8-17-10-13/h4-5,9,13H,2-3,6-8,10H2. The SMILES string of the molecule is [C-]#[N+]c1ccc2c(c1)N(C1CCOC1)CCC2. The summed E-state index contributed by atoms with van der Waals surface area (Å²) in [5.41, 5.74) is 3.39. The van der Waals surface area contributed by atoms with Gasteiger partial charge in [-0.3, -0.25) is 0 Å². The zero-order valence-corrected chi connectivity index (χ0v) is 9.85. The first-order chi connectivity index (χ1) is 8.38. The number of hydrogen-bond acceptors (Lipinski definition) is 2. The molecule has 1 fully saturated rings. The molecule has 3 rings (SSSR count). The summed E-state index contributed by atoms with van der Waals surface area (Å²) in [7, 11) is 0. The smallest absolute Gasteiger partial charge is 0.189 e. The molecule has 0 saturated carbocycles. The number of anilines is 1. The van der Waals surface area contributed by atoms with Gasteiger partial charge in [-0.1, -0.05) is 12.1 Å². The van der Waals surface area contributed by atoms with E-state index < -0.39 is 0 Å². The van der Waals surface area contributed by atoms with Crippen LogP contribution in [0.3, 0.4) is 0 Å². The molecule has 1 aromatic rings. The molecule has 1 unspecified atom stereocenters. The summed E-state index contributed by atoms with van der Waals surface area (Å²) in [6.07, 6.45) is 3.46. The van der Waals surface area contributed by atoms with Crippen molar-refractivity contribution in [2.24, 2.45) is 0 Å². The van der Waals surface area contributed by atoms with Crippen molar-refractivity contribution in [2.75, 3.05) is 24.7 Å². The van der Waals surface area contributed by atoms with Gasteiger partial charge < -0.3 is 9.64 Å². The van der Waals surface area contributed by atoms with Crippen molar-refractivity contribution in [1.82, 2.24) is 0 Å². The largest absolute Gasteiger partial charge is 0.379 e. The number of rotatable bonds is 1. The molecule has 3 heteroatoms. The first-order valence-electron chi connectivity index (χ1n) is 6.23. The minimum atomic E-state index is 0.509. The lowest BCUT2D eigenvalue weighted by molar-refractivity contribution is 0.193. The van der Waals surface area contributed by atoms with E-state index >= 15 is 0 Å². The maximum Gasteiger partial charge on any atom is 0.189 e. The highest BCUT2D eigenvalue weighted by molar-refractivity contribution is 5.65. The molecule has 2 aliphatic heterocycles. The fraction of sp³-hybridized carbons (Fsp3) is 0.500. The lowest BCUT2D eigenvalue weighted by atomic mass is 9.99. The maximum absolute atomic E-state index is 7.12. The van der Waals surface area contributed by atoms with E-state index in [1.54, 1.807) is 0 Å². The van der Waals surface area contributed by atoms with E-state index in [2.05, 4.69) is 15.8 Å². The van der Waals surface area contributed by atoms with Gasteiger partial charge in [-0.25, -0.2) is 4.85 Å². The Morgan fingerprint density at radius 1 is 1.41 bits per heavy atom. The Balaban J connectivity index is 1.97. The normalized spacial score (nSPS) is 23.2. The summed E-state index contributed by atoms with van der Waals surface area (Å²) in [5, 5.41) is 0. The molecule has 0 aliphatic carbocycles. The van der Waals surface area contributed by atoms with Crippen LogP contribution in [0.25, 0.3) is 4.85 Å². The minimum absolute atomic E-state index is 0.509. The number of fused-ring (bicyclic) bond motifs is 1. The Labute approximate surface area is 102 Å². The lowest BCUT2D eigenvalue weighted by Crippen LogP contribution is -2.39. The molecule has 88 valence electrons. The number of benzene rings is 1. The minimum Gasteiger partial charge on any atom is -0.379 e. The van der Waals surface area contributed by atoms with Crippen LogP contribution in [0, 0.1) is 6.57 Å². The van der Waals surface area contributed by atoms with Crippen LogP contribution in [-0.4, -0.2) is 25.8 Å². The number of ether oxygens (including phenoxy) is 1. The quantitative estimate of drug-likeness (QED) is 0.687. The Kier molecular flexibility index (Phi) is 2.74. The van der Waals surface area contributed by atoms with Gasteiger partial charge in [0.15, 0.2) is 5.69 Å². The first-order valence-corrected chi connectivity index (χ1v) is 6.23. The number of aryl methyl sites for hydroxylation is 1. The van der Waals surface area contributed by atoms with Crippen LogP contribution in [0.2, 0.25) is 0 Å². The van der Waals surface area contributed by atoms with Crippen molar-refractivity contribution in [2.45, 2.75) is 25.3 Å². The summed E-state index contributed by atoms with van der Waals surface area (Å²) in [6, 6.07) is 6.60. The molecule has 0 bridgehead atoms. The van der Waals surface area contributed by atoms with E-state index in [0.717, 1.165) is 38.3 Å². The molecule has 2 heterocycles. The van der Waals surface area contributed by atoms with E-state index in [1.165, 1.54) is 17.7 Å². The molecule has 1 atom stereocenters. The third-order valence-electron chi connectivity index (χ3n) is 3.70. The van der Waals surface area contributed by atoms with Crippen molar-refractivity contribution in [1.29, 1.82) is 0 Å². The summed E-state index contributed by atoms with van der Waals surface area (Å²) in [6.45, 7) is 9.93. The third-order valence-corrected chi connectivity index (χ3v) is 3.70. The molecule has 1 saturated heterocycles. The maximum atomic E-state index is 7.12. The van der Waals surface area contributed by atoms with E-state index in [9.17, 15) is 0 Å². The second-order valence-electron chi connectivity index (χ2n) is 4.74. The fourth-order valence-corrected chi connectivity index (χ4v) is 2.81. The number of hydrogen-bond donors (Lipinski definition) is 0. The highest BCUT2D eigenvalue weighted by Gasteiger charge is 2.27. The van der Waals surface area contributed by atoms with Gasteiger partial charge in [-0.15, -0.1) is 0 Å². The van der Waals surface area contributed by atoms with Gasteiger partial charge in [-0.05, 0) is 30.9 Å². The molecule has 1 aromatic carbocycles. The Morgan fingerprint density at radius 2 is 2.35 bits per heavy atom. The van der Waals surface area contributed by atoms with Crippen molar-refractivity contribution < 1.29 is 4.74 Å². The zero-order chi connectivity index (χ0) is 11.7. The Morgan fingerprint density at radius 3 is 3.12 bits per heavy atom. The molecule has 0 N–H and O–H groups in total. The first kappa shape index (κ1) is 10.6. The molecule has 0 radical (unpaired) electrons. The third kappa shape index (κ3) is 1.89. The lowest BCUT2D eigenvalue weighted by Gasteiger charge is -2.35. The fourth-order valence-electron chi connectivity index (χ4n) is 2.81. The van der Waals surface area contributed by atoms with Crippen molar-refractivity contribution in [3.8, 4) is 0 Å². The van der Waals surface area contributed by atoms with E-state index in [1.807, 2.05) is 12.1 Å². The molecule has 2 aliphatic rings. The summed E-state index contributed by atoms with van der Waals surface area (Å²) >= 11 is 0. The van der Waals surface area contributed by atoms with Gasteiger partial charge in [-0.2, -0.15) is 0 Å². The van der Waals surface area contributed by atoms with Crippen molar-refractivity contribution in [3.63, 3.8) is 0 Å². The Bertz CT molecular complexity index is 458. The monoisotopic (exact) mass is 228 g/mol. The summed E-state index contributed by atoms with van der Waals surface area (Å²) < 4.78 is 5.48. The van der Waals surface area contributed by atoms with Crippen molar-refractivity contribution >= 4 is 11.4 Å². The van der Waals surface area contributed by atoms with Gasteiger partial charge in [0.25, 0.3) is 0 Å². The molecule has 0 spiro atoms. The Hall–Kier alpha value is -1.53. The van der Waals surface area contributed by atoms with Gasteiger partial charge in [0, 0.05) is 18.8 Å². The van der Waals surface area contributed by atoms with Crippen LogP contribution in [0.1, 0.15) is 18.4 Å². The van der Waals surface area contributed by atoms with Crippen LogP contribution in [-0.2, 0) is 11.2 Å². The highest BCUT2D eigenvalue weighted by Crippen LogP contribution is 2.33. The second kappa shape index (κ2) is 4.38. The highest BCUT2D eigenvalue weighted by atomic mass is 16.5. The van der Waals surface area contributed by atoms with Gasteiger partial charge in [0.2, 0.25) is 0 Å². The van der Waals surface area contributed by atoms with Gasteiger partial charge in [0.1, 0.15) is 0 Å². The predicted octanol–water partition coefficient (Wildman–Crippen LogP) is 2.78. The topological polar surface area (TPSA) is 16.8 Å². The van der Waals surface area contributed by atoms with Gasteiger partial charge >= 0.3 is 0 Å². The molecular formula is C14H16N2O. The van der Waals surface area contributed by atoms with Gasteiger partial charge in [0.05, 0.1) is 19.2 Å². The summed E-state index contributed by atoms with van der Waals surface area (Å²) in [4.78, 5) is 5.98. The van der Waals surface area contributed by atoms with E-state index in [4.69, 9.17) is 11.3 Å². The summed E-state index contributed by atoms with van der Waals surface area (Å²) in [5.74, 6) is 0. The molecule has 0 aromatic heterocycles. The zero-order valence-electron chi connectivity index (χ0n) is 9.85. The number of nitrogens with zero attached hydrogens (tertiary/aromatic N) is 2. The van der Waals surface area contributed by atoms with Crippen LogP contribution >= 0.6 is 0 Å². The molecular weight excluding hydrogens is 212 g/mol. The average molecular weight is 228 g/mol. The van der Waals surface area contributed by atoms with E-state index in [0.29, 0.717) is 6.04 Å². The van der Waals surface area contributed by atoms with E-state index in [-0.39, 0.29) is 0 Å². The molecule has 0 amide bonds. The second-order valence-corrected chi connectivity index (χ2v) is 4.74. The van der Waals surface area contributed by atoms with Crippen LogP contribution < -0.4 is 4.90 Å². The van der Waals surface area contributed by atoms with Crippen LogP contribution in [0.5, 0.6) is 0 Å². The molecule has 3 nitrogen and oxygen atoms in total.